The van der Waals surface area contributed by atoms with Crippen LogP contribution in [0.5, 0.6) is 5.75 Å². The average Bonchev–Trinajstić information content (AvgIpc) is 3.74. The van der Waals surface area contributed by atoms with Gasteiger partial charge in [0.15, 0.2) is 0 Å². The number of hydrogen-bond acceptors (Lipinski definition) is 3. The minimum atomic E-state index is -2.46. The van der Waals surface area contributed by atoms with Crippen LogP contribution in [0.3, 0.4) is 0 Å². The number of imidazole rings is 1. The number of benzene rings is 7. The molecular formula is C59H55N3O. The predicted molar refractivity (Wildman–Crippen MR) is 265 cm³/mol. The van der Waals surface area contributed by atoms with Crippen LogP contribution in [0.4, 0.5) is 0 Å². The lowest BCUT2D eigenvalue weighted by Crippen LogP contribution is -2.11. The van der Waals surface area contributed by atoms with Crippen molar-refractivity contribution >= 4 is 11.0 Å². The molecule has 4 heteroatoms. The maximum atomic E-state index is 12.5. The smallest absolute Gasteiger partial charge is 0.149 e. The maximum Gasteiger partial charge on any atom is 0.149 e. The number of phenolic OH excluding ortho intramolecular Hbond substituents is 1. The van der Waals surface area contributed by atoms with Crippen LogP contribution in [0, 0.1) is 6.85 Å². The van der Waals surface area contributed by atoms with E-state index in [1.165, 1.54) is 0 Å². The molecular weight excluding hydrogens is 767 g/mol. The van der Waals surface area contributed by atoms with Crippen molar-refractivity contribution in [3.05, 3.63) is 192 Å². The van der Waals surface area contributed by atoms with Crippen LogP contribution in [0.15, 0.2) is 170 Å². The average molecular weight is 830 g/mol. The fraction of sp³-hybridized carbons (Fsp3) is 0.186. The Morgan fingerprint density at radius 2 is 1.30 bits per heavy atom. The van der Waals surface area contributed by atoms with Gasteiger partial charge in [0.2, 0.25) is 0 Å². The van der Waals surface area contributed by atoms with Crippen molar-refractivity contribution in [2.45, 2.75) is 72.6 Å². The first-order chi connectivity index (χ1) is 33.6. The van der Waals surface area contributed by atoms with E-state index in [1.807, 2.05) is 97.1 Å². The molecule has 0 bridgehead atoms. The highest BCUT2D eigenvalue weighted by Crippen LogP contribution is 2.45. The summed E-state index contributed by atoms with van der Waals surface area (Å²) < 4.78 is 70.9. The van der Waals surface area contributed by atoms with Gasteiger partial charge in [-0.1, -0.05) is 164 Å². The van der Waals surface area contributed by atoms with Gasteiger partial charge in [-0.15, -0.1) is 0 Å². The monoisotopic (exact) mass is 829 g/mol. The van der Waals surface area contributed by atoms with Gasteiger partial charge in [-0.25, -0.2) is 4.98 Å². The summed E-state index contributed by atoms with van der Waals surface area (Å²) in [4.78, 5) is 10.4. The third-order valence-electron chi connectivity index (χ3n) is 11.9. The van der Waals surface area contributed by atoms with E-state index in [9.17, 15) is 5.11 Å². The zero-order valence-electron chi connectivity index (χ0n) is 44.7. The Balaban J connectivity index is 1.38. The summed E-state index contributed by atoms with van der Waals surface area (Å²) in [6.07, 6.45) is 1.60. The molecule has 2 aromatic heterocycles. The number of nitrogens with zero attached hydrogens (tertiary/aromatic N) is 3. The van der Waals surface area contributed by atoms with E-state index in [1.54, 1.807) is 24.4 Å². The number of rotatable bonds is 9. The molecule has 4 nitrogen and oxygen atoms in total. The van der Waals surface area contributed by atoms with Gasteiger partial charge in [0.05, 0.1) is 34.8 Å². The molecule has 0 saturated carbocycles. The van der Waals surface area contributed by atoms with Crippen LogP contribution in [0.25, 0.3) is 83.9 Å². The molecule has 0 atom stereocenters. The zero-order valence-corrected chi connectivity index (χ0v) is 36.7. The van der Waals surface area contributed by atoms with Crippen molar-refractivity contribution in [3.8, 4) is 78.6 Å². The summed E-state index contributed by atoms with van der Waals surface area (Å²) in [5.41, 5.74) is 11.5. The predicted octanol–water partition coefficient (Wildman–Crippen LogP) is 16.0. The van der Waals surface area contributed by atoms with E-state index in [0.717, 1.165) is 50.0 Å². The third-order valence-corrected chi connectivity index (χ3v) is 11.9. The summed E-state index contributed by atoms with van der Waals surface area (Å²) in [7, 11) is 0. The lowest BCUT2D eigenvalue weighted by atomic mass is 9.83. The second kappa shape index (κ2) is 16.7. The number of fused-ring (bicyclic) bond motifs is 1. The number of para-hydroxylation sites is 1. The van der Waals surface area contributed by atoms with Gasteiger partial charge in [-0.3, -0.25) is 9.55 Å². The molecule has 0 aliphatic rings. The maximum absolute atomic E-state index is 12.5. The molecule has 1 N–H and O–H groups in total. The second-order valence-corrected chi connectivity index (χ2v) is 17.9. The van der Waals surface area contributed by atoms with Gasteiger partial charge < -0.3 is 5.11 Å². The number of phenols is 1. The SMILES string of the molecule is [2H]c1c([2H])c([2H])c(-c2ccnc(-c3cc(-c4cccc5c4nc(-c4cc(C(C)C)cc(C(C)C)c4O)n5-c4cc(-c5ccccc5)c(C([2H])([2H])[2H])cc4-c4ccccc4)cc(C(C)(C)C)c3)c2)c([2H])c1[2H]. The van der Waals surface area contributed by atoms with Crippen LogP contribution in [-0.4, -0.2) is 19.6 Å². The third kappa shape index (κ3) is 7.98. The fourth-order valence-corrected chi connectivity index (χ4v) is 8.36. The summed E-state index contributed by atoms with van der Waals surface area (Å²) in [5.74, 6) is 0.699. The minimum absolute atomic E-state index is 0.0184. The van der Waals surface area contributed by atoms with E-state index in [0.29, 0.717) is 45.0 Å². The van der Waals surface area contributed by atoms with Crippen molar-refractivity contribution in [2.75, 3.05) is 0 Å². The Labute approximate surface area is 383 Å². The van der Waals surface area contributed by atoms with E-state index < -0.39 is 25.0 Å². The van der Waals surface area contributed by atoms with Crippen molar-refractivity contribution in [1.29, 1.82) is 0 Å². The summed E-state index contributed by atoms with van der Waals surface area (Å²) in [5, 5.41) is 12.5. The molecule has 0 amide bonds. The van der Waals surface area contributed by atoms with Crippen LogP contribution in [0.1, 0.15) is 93.5 Å². The van der Waals surface area contributed by atoms with Crippen molar-refractivity contribution < 1.29 is 16.1 Å². The topological polar surface area (TPSA) is 50.9 Å². The molecule has 312 valence electrons. The molecule has 0 unspecified atom stereocenters. The molecule has 0 fully saturated rings. The zero-order chi connectivity index (χ0) is 50.8. The number of pyridine rings is 1. The molecule has 9 aromatic rings. The molecule has 7 aromatic carbocycles. The lowest BCUT2D eigenvalue weighted by molar-refractivity contribution is 0.466. The lowest BCUT2D eigenvalue weighted by Gasteiger charge is -2.22. The number of aromatic nitrogens is 3. The van der Waals surface area contributed by atoms with Crippen LogP contribution >= 0.6 is 0 Å². The minimum Gasteiger partial charge on any atom is -0.507 e. The Morgan fingerprint density at radius 1 is 0.603 bits per heavy atom. The first kappa shape index (κ1) is 32.6. The standard InChI is InChI=1S/C59H55N3O/c1-37(2)44-33-49(38(3)4)57(63)52(34-44)58-61-56-48(45-30-46(32-47(31-45)59(6,7)8)53-35-43(27-28-60-53)40-19-12-9-13-20-40)25-18-26-54(56)62(58)55-36-50(41-21-14-10-15-22-41)39(5)29-51(55)42-23-16-11-17-24-42/h9-38,63H,1-8H3/i5D3,9D,12D,13D,19D,20D. The second-order valence-electron chi connectivity index (χ2n) is 17.9. The van der Waals surface area contributed by atoms with Gasteiger partial charge in [0, 0.05) is 27.0 Å². The fourth-order valence-electron chi connectivity index (χ4n) is 8.36. The molecule has 9 rings (SSSR count). The Hall–Kier alpha value is -7.04. The largest absolute Gasteiger partial charge is 0.507 e. The van der Waals surface area contributed by atoms with E-state index in [4.69, 9.17) is 20.9 Å². The summed E-state index contributed by atoms with van der Waals surface area (Å²) in [6, 6.07) is 41.0. The number of aromatic hydroxyl groups is 1. The molecule has 0 spiro atoms. The van der Waals surface area contributed by atoms with Crippen LogP contribution in [-0.2, 0) is 5.41 Å². The Morgan fingerprint density at radius 3 is 1.97 bits per heavy atom. The highest BCUT2D eigenvalue weighted by atomic mass is 16.3. The number of hydrogen-bond donors (Lipinski definition) is 1. The Bertz CT molecular complexity index is 3490. The first-order valence-electron chi connectivity index (χ1n) is 25.5. The van der Waals surface area contributed by atoms with Gasteiger partial charge in [0.1, 0.15) is 11.6 Å². The van der Waals surface area contributed by atoms with E-state index in [-0.39, 0.29) is 46.2 Å². The van der Waals surface area contributed by atoms with E-state index in [2.05, 4.69) is 71.2 Å². The molecule has 63 heavy (non-hydrogen) atoms. The van der Waals surface area contributed by atoms with Gasteiger partial charge in [-0.2, -0.15) is 0 Å². The molecule has 0 saturated heterocycles. The van der Waals surface area contributed by atoms with Gasteiger partial charge in [-0.05, 0) is 128 Å². The van der Waals surface area contributed by atoms with Crippen molar-refractivity contribution in [2.24, 2.45) is 0 Å². The summed E-state index contributed by atoms with van der Waals surface area (Å²) in [6.45, 7) is 12.3. The number of aryl methyl sites for hydroxylation is 1. The van der Waals surface area contributed by atoms with Gasteiger partial charge >= 0.3 is 0 Å². The Kier molecular flexibility index (Phi) is 8.64. The molecule has 0 radical (unpaired) electrons. The normalized spacial score (nSPS) is 13.9. The van der Waals surface area contributed by atoms with E-state index >= 15 is 0 Å². The van der Waals surface area contributed by atoms with Crippen molar-refractivity contribution in [3.63, 3.8) is 0 Å². The highest BCUT2D eigenvalue weighted by Gasteiger charge is 2.26. The van der Waals surface area contributed by atoms with Crippen LogP contribution in [0.2, 0.25) is 0 Å². The molecule has 0 aliphatic carbocycles. The highest BCUT2D eigenvalue weighted by molar-refractivity contribution is 5.98. The summed E-state index contributed by atoms with van der Waals surface area (Å²) >= 11 is 0. The molecule has 0 aliphatic heterocycles. The first-order valence-corrected chi connectivity index (χ1v) is 21.5. The van der Waals surface area contributed by atoms with Gasteiger partial charge in [0.25, 0.3) is 0 Å². The molecule has 2 heterocycles. The van der Waals surface area contributed by atoms with Crippen molar-refractivity contribution in [1.82, 2.24) is 14.5 Å². The van der Waals surface area contributed by atoms with Crippen LogP contribution < -0.4 is 0 Å². The quantitative estimate of drug-likeness (QED) is 0.158.